The molecule has 1 atom stereocenters. The summed E-state index contributed by atoms with van der Waals surface area (Å²) in [6.45, 7) is 4.54. The van der Waals surface area contributed by atoms with Gasteiger partial charge in [0.1, 0.15) is 12.4 Å². The molecule has 2 saturated heterocycles. The van der Waals surface area contributed by atoms with Gasteiger partial charge in [0.05, 0.1) is 61.7 Å². The molecule has 0 amide bonds. The highest BCUT2D eigenvalue weighted by molar-refractivity contribution is 5.93. The van der Waals surface area contributed by atoms with E-state index in [1.54, 1.807) is 23.9 Å². The van der Waals surface area contributed by atoms with Gasteiger partial charge in [-0.1, -0.05) is 6.07 Å². The normalized spacial score (nSPS) is 17.5. The predicted molar refractivity (Wildman–Crippen MR) is 163 cm³/mol. The number of aromatic nitrogens is 5. The number of methoxy groups -OCH3 is 2. The first-order valence-corrected chi connectivity index (χ1v) is 15.1. The summed E-state index contributed by atoms with van der Waals surface area (Å²) in [5.74, 6) is 2.31. The summed E-state index contributed by atoms with van der Waals surface area (Å²) in [4.78, 5) is 24.5. The van der Waals surface area contributed by atoms with Gasteiger partial charge in [0.2, 0.25) is 11.8 Å². The number of imidazole rings is 1. The number of likely N-dealkylation sites (tertiary alicyclic amines) is 1. The van der Waals surface area contributed by atoms with Gasteiger partial charge in [0.25, 0.3) is 0 Å². The molecule has 11 heteroatoms. The van der Waals surface area contributed by atoms with Crippen molar-refractivity contribution in [2.24, 2.45) is 0 Å². The number of pyridine rings is 2. The molecule has 228 valence electrons. The van der Waals surface area contributed by atoms with Crippen LogP contribution >= 0.6 is 0 Å². The van der Waals surface area contributed by atoms with Gasteiger partial charge in [0, 0.05) is 35.9 Å². The van der Waals surface area contributed by atoms with Crippen LogP contribution in [0, 0.1) is 0 Å². The van der Waals surface area contributed by atoms with Crippen molar-refractivity contribution >= 4 is 22.5 Å². The zero-order valence-corrected chi connectivity index (χ0v) is 25.0. The molecule has 0 N–H and O–H groups in total. The van der Waals surface area contributed by atoms with Crippen LogP contribution in [0.3, 0.4) is 0 Å². The Morgan fingerprint density at radius 3 is 2.64 bits per heavy atom. The number of hydrogen-bond donors (Lipinski definition) is 0. The van der Waals surface area contributed by atoms with E-state index in [0.717, 1.165) is 85.7 Å². The Morgan fingerprint density at radius 2 is 1.86 bits per heavy atom. The summed E-state index contributed by atoms with van der Waals surface area (Å²) in [5.41, 5.74) is 5.38. The number of hydrogen-bond acceptors (Lipinski definition) is 9. The van der Waals surface area contributed by atoms with Crippen LogP contribution in [0.4, 0.5) is 0 Å². The Kier molecular flexibility index (Phi) is 7.88. The molecular weight excluding hydrogens is 560 g/mol. The van der Waals surface area contributed by atoms with Gasteiger partial charge in [-0.2, -0.15) is 5.10 Å². The molecule has 2 fully saturated rings. The van der Waals surface area contributed by atoms with Crippen molar-refractivity contribution in [1.82, 2.24) is 29.0 Å². The summed E-state index contributed by atoms with van der Waals surface area (Å²) in [7, 11) is 3.04. The van der Waals surface area contributed by atoms with E-state index in [1.165, 1.54) is 7.11 Å². The topological polar surface area (TPSA) is 105 Å². The number of rotatable bonds is 10. The van der Waals surface area contributed by atoms with Crippen LogP contribution in [-0.4, -0.2) is 75.0 Å². The first kappa shape index (κ1) is 28.3. The van der Waals surface area contributed by atoms with Crippen molar-refractivity contribution in [3.05, 3.63) is 83.4 Å². The van der Waals surface area contributed by atoms with Crippen LogP contribution in [0.5, 0.6) is 11.8 Å². The van der Waals surface area contributed by atoms with Crippen molar-refractivity contribution in [3.63, 3.8) is 0 Å². The minimum absolute atomic E-state index is 0.176. The van der Waals surface area contributed by atoms with Crippen LogP contribution in [0.15, 0.2) is 60.8 Å². The first-order valence-electron chi connectivity index (χ1n) is 15.1. The number of carbonyl (C=O) groups excluding carboxylic acids is 1. The molecule has 1 aromatic carbocycles. The molecular formula is C33H36N6O5. The van der Waals surface area contributed by atoms with Crippen LogP contribution in [0.25, 0.3) is 16.6 Å². The Morgan fingerprint density at radius 1 is 1.00 bits per heavy atom. The lowest BCUT2D eigenvalue weighted by molar-refractivity contribution is -0.0592. The highest BCUT2D eigenvalue weighted by Crippen LogP contribution is 2.30. The summed E-state index contributed by atoms with van der Waals surface area (Å²) in [6, 6.07) is 17.5. The number of fused-ring (bicyclic) bond motifs is 2. The first-order chi connectivity index (χ1) is 21.6. The molecule has 0 bridgehead atoms. The Labute approximate surface area is 255 Å². The molecule has 0 aliphatic carbocycles. The molecule has 6 heterocycles. The highest BCUT2D eigenvalue weighted by Gasteiger charge is 2.26. The standard InChI is InChI=1S/C33H36N6O5/c1-41-32-9-7-24(28-10-14-34-39(28)32)21-44-31-5-3-4-26(36-31)22-11-15-37(16-12-22)20-30-35-27-8-6-23(33(40)42-2)18-29(27)38(30)19-25-13-17-43-25/h3-10,14,18,22,25H,11-13,15-17,19-21H2,1-2H3. The molecule has 5 aromatic rings. The molecule has 4 aromatic heterocycles. The molecule has 11 nitrogen and oxygen atoms in total. The van der Waals surface area contributed by atoms with Gasteiger partial charge in [-0.15, -0.1) is 0 Å². The van der Waals surface area contributed by atoms with Crippen molar-refractivity contribution in [2.45, 2.75) is 51.0 Å². The molecule has 0 radical (unpaired) electrons. The van der Waals surface area contributed by atoms with E-state index < -0.39 is 0 Å². The number of nitrogens with zero attached hydrogens (tertiary/aromatic N) is 6. The Balaban J connectivity index is 1.01. The highest BCUT2D eigenvalue weighted by atomic mass is 16.5. The third-order valence-electron chi connectivity index (χ3n) is 8.74. The van der Waals surface area contributed by atoms with E-state index in [1.807, 2.05) is 42.5 Å². The average Bonchev–Trinajstić information content (AvgIpc) is 3.66. The quantitative estimate of drug-likeness (QED) is 0.214. The van der Waals surface area contributed by atoms with Crippen LogP contribution < -0.4 is 9.47 Å². The molecule has 0 saturated carbocycles. The third-order valence-corrected chi connectivity index (χ3v) is 8.74. The molecule has 0 spiro atoms. The number of carbonyl (C=O) groups is 1. The summed E-state index contributed by atoms with van der Waals surface area (Å²) >= 11 is 0. The Hall–Kier alpha value is -4.48. The SMILES string of the molecule is COC(=O)c1ccc2nc(CN3CCC(c4cccc(OCc5ccc(OC)n6nccc56)n4)CC3)n(CC3CCO3)c2c1. The average molecular weight is 597 g/mol. The van der Waals surface area contributed by atoms with Crippen molar-refractivity contribution in [1.29, 1.82) is 0 Å². The number of benzene rings is 1. The maximum atomic E-state index is 12.2. The van der Waals surface area contributed by atoms with Crippen LogP contribution in [0.1, 0.15) is 52.6 Å². The molecule has 1 unspecified atom stereocenters. The zero-order valence-electron chi connectivity index (χ0n) is 25.0. The van der Waals surface area contributed by atoms with Gasteiger partial charge in [-0.05, 0) is 68.8 Å². The van der Waals surface area contributed by atoms with Gasteiger partial charge < -0.3 is 23.5 Å². The summed E-state index contributed by atoms with van der Waals surface area (Å²) in [5, 5.41) is 4.35. The smallest absolute Gasteiger partial charge is 0.337 e. The van der Waals surface area contributed by atoms with Gasteiger partial charge in [0.15, 0.2) is 0 Å². The van der Waals surface area contributed by atoms with Gasteiger partial charge in [-0.3, -0.25) is 4.90 Å². The zero-order chi connectivity index (χ0) is 30.0. The van der Waals surface area contributed by atoms with E-state index >= 15 is 0 Å². The minimum atomic E-state index is -0.345. The summed E-state index contributed by atoms with van der Waals surface area (Å²) < 4.78 is 26.2. The van der Waals surface area contributed by atoms with Crippen molar-refractivity contribution in [2.75, 3.05) is 33.9 Å². The minimum Gasteiger partial charge on any atom is -0.481 e. The second-order valence-corrected chi connectivity index (χ2v) is 11.4. The molecule has 44 heavy (non-hydrogen) atoms. The van der Waals surface area contributed by atoms with Crippen LogP contribution in [0.2, 0.25) is 0 Å². The lowest BCUT2D eigenvalue weighted by Crippen LogP contribution is -2.35. The van der Waals surface area contributed by atoms with E-state index in [-0.39, 0.29) is 12.1 Å². The maximum absolute atomic E-state index is 12.2. The maximum Gasteiger partial charge on any atom is 0.337 e. The van der Waals surface area contributed by atoms with E-state index in [9.17, 15) is 4.79 Å². The second-order valence-electron chi connectivity index (χ2n) is 11.4. The van der Waals surface area contributed by atoms with Crippen LogP contribution in [-0.2, 0) is 29.2 Å². The third kappa shape index (κ3) is 5.60. The largest absolute Gasteiger partial charge is 0.481 e. The fraction of sp³-hybridized carbons (Fsp3) is 0.394. The number of piperidine rings is 1. The van der Waals surface area contributed by atoms with Crippen molar-refractivity contribution < 1.29 is 23.7 Å². The van der Waals surface area contributed by atoms with E-state index in [4.69, 9.17) is 28.9 Å². The van der Waals surface area contributed by atoms with Gasteiger partial charge in [-0.25, -0.2) is 19.3 Å². The molecule has 7 rings (SSSR count). The lowest BCUT2D eigenvalue weighted by Gasteiger charge is -2.32. The number of esters is 1. The summed E-state index contributed by atoms with van der Waals surface area (Å²) in [6.07, 6.45) is 4.97. The Bertz CT molecular complexity index is 1790. The fourth-order valence-electron chi connectivity index (χ4n) is 6.18. The van der Waals surface area contributed by atoms with Gasteiger partial charge >= 0.3 is 5.97 Å². The molecule has 2 aliphatic heterocycles. The number of ether oxygens (including phenoxy) is 4. The van der Waals surface area contributed by atoms with Crippen molar-refractivity contribution in [3.8, 4) is 11.8 Å². The monoisotopic (exact) mass is 596 g/mol. The van der Waals surface area contributed by atoms with E-state index in [0.29, 0.717) is 29.8 Å². The van der Waals surface area contributed by atoms with E-state index in [2.05, 4.69) is 20.6 Å². The second kappa shape index (κ2) is 12.3. The lowest BCUT2D eigenvalue weighted by atomic mass is 9.93. The fourth-order valence-corrected chi connectivity index (χ4v) is 6.18. The molecule has 2 aliphatic rings. The predicted octanol–water partition coefficient (Wildman–Crippen LogP) is 4.62.